The molecule has 116 valence electrons. The van der Waals surface area contributed by atoms with E-state index >= 15 is 0 Å². The molecular weight excluding hydrogens is 284 g/mol. The van der Waals surface area contributed by atoms with E-state index in [1.165, 1.54) is 43.6 Å². The number of anilines is 1. The van der Waals surface area contributed by atoms with Crippen molar-refractivity contribution in [1.29, 1.82) is 0 Å². The molecule has 2 aliphatic heterocycles. The molecule has 2 fully saturated rings. The van der Waals surface area contributed by atoms with Gasteiger partial charge in [-0.05, 0) is 48.9 Å². The molecule has 21 heavy (non-hydrogen) atoms. The second-order valence-electron chi connectivity index (χ2n) is 6.97. The third kappa shape index (κ3) is 2.13. The second-order valence-corrected chi connectivity index (χ2v) is 6.97. The van der Waals surface area contributed by atoms with Gasteiger partial charge in [-0.2, -0.15) is 0 Å². The second kappa shape index (κ2) is 5.06. The fraction of sp³-hybridized carbons (Fsp3) is 0.647. The maximum absolute atomic E-state index is 5.44. The molecule has 4 rings (SSSR count). The maximum atomic E-state index is 5.44. The van der Waals surface area contributed by atoms with Gasteiger partial charge >= 0.3 is 0 Å². The van der Waals surface area contributed by atoms with Gasteiger partial charge in [0.05, 0.1) is 13.3 Å². The van der Waals surface area contributed by atoms with Gasteiger partial charge in [0.15, 0.2) is 0 Å². The Labute approximate surface area is 133 Å². The lowest BCUT2D eigenvalue weighted by atomic mass is 9.81. The van der Waals surface area contributed by atoms with Gasteiger partial charge in [-0.1, -0.05) is 6.92 Å². The molecule has 2 atom stereocenters. The molecular formula is C17H25ClN2O. The first-order valence-corrected chi connectivity index (χ1v) is 7.79. The third-order valence-corrected chi connectivity index (χ3v) is 5.59. The van der Waals surface area contributed by atoms with Crippen LogP contribution < -0.4 is 9.64 Å². The molecule has 1 aromatic rings. The molecule has 3 nitrogen and oxygen atoms in total. The summed E-state index contributed by atoms with van der Waals surface area (Å²) in [6.45, 7) is 4.96. The first-order chi connectivity index (χ1) is 9.63. The quantitative estimate of drug-likeness (QED) is 0.852. The smallest absolute Gasteiger partial charge is 0.119 e. The van der Waals surface area contributed by atoms with Crippen LogP contribution in [-0.4, -0.2) is 38.3 Å². The minimum absolute atomic E-state index is 0. The van der Waals surface area contributed by atoms with Gasteiger partial charge in [-0.25, -0.2) is 0 Å². The van der Waals surface area contributed by atoms with Gasteiger partial charge < -0.3 is 9.64 Å². The van der Waals surface area contributed by atoms with Crippen molar-refractivity contribution in [3.63, 3.8) is 0 Å². The topological polar surface area (TPSA) is 15.7 Å². The molecule has 0 bridgehead atoms. The number of ether oxygens (including phenoxy) is 1. The highest BCUT2D eigenvalue weighted by molar-refractivity contribution is 5.85. The van der Waals surface area contributed by atoms with E-state index in [2.05, 4.69) is 42.0 Å². The summed E-state index contributed by atoms with van der Waals surface area (Å²) in [7, 11) is 4.01. The van der Waals surface area contributed by atoms with Crippen molar-refractivity contribution >= 4 is 18.1 Å². The molecule has 1 aromatic carbocycles. The number of benzene rings is 1. The molecule has 0 aromatic heterocycles. The maximum Gasteiger partial charge on any atom is 0.119 e. The Morgan fingerprint density at radius 1 is 1.33 bits per heavy atom. The summed E-state index contributed by atoms with van der Waals surface area (Å²) in [6.07, 6.45) is 4.66. The van der Waals surface area contributed by atoms with E-state index in [1.54, 1.807) is 7.11 Å². The third-order valence-electron chi connectivity index (χ3n) is 5.59. The summed E-state index contributed by atoms with van der Waals surface area (Å²) >= 11 is 0. The predicted molar refractivity (Wildman–Crippen MR) is 88.7 cm³/mol. The van der Waals surface area contributed by atoms with Crippen LogP contribution in [0.15, 0.2) is 18.2 Å². The van der Waals surface area contributed by atoms with Crippen LogP contribution in [0.4, 0.5) is 5.69 Å². The Morgan fingerprint density at radius 2 is 2.10 bits per heavy atom. The molecule has 0 radical (unpaired) electrons. The molecule has 0 spiro atoms. The van der Waals surface area contributed by atoms with E-state index in [9.17, 15) is 0 Å². The van der Waals surface area contributed by atoms with Gasteiger partial charge in [0.25, 0.3) is 0 Å². The minimum Gasteiger partial charge on any atom is -0.497 e. The average Bonchev–Trinajstić information content (AvgIpc) is 3.17. The monoisotopic (exact) mass is 308 g/mol. The number of nitrogens with zero attached hydrogens (tertiary/aromatic N) is 2. The number of hydrogen-bond acceptors (Lipinski definition) is 3. The SMILES string of the molecule is COc1ccc2c(c1)C1(C)CCN(CC3CC3)C1N2C.Cl. The van der Waals surface area contributed by atoms with Crippen LogP contribution in [0.3, 0.4) is 0 Å². The van der Waals surface area contributed by atoms with Gasteiger partial charge in [-0.15, -0.1) is 12.4 Å². The van der Waals surface area contributed by atoms with Crippen molar-refractivity contribution in [3.05, 3.63) is 23.8 Å². The molecule has 3 aliphatic rings. The zero-order valence-electron chi connectivity index (χ0n) is 13.1. The summed E-state index contributed by atoms with van der Waals surface area (Å²) in [6, 6.07) is 6.57. The summed E-state index contributed by atoms with van der Waals surface area (Å²) in [4.78, 5) is 5.20. The average molecular weight is 309 g/mol. The highest BCUT2D eigenvalue weighted by Gasteiger charge is 2.53. The van der Waals surface area contributed by atoms with Crippen LogP contribution >= 0.6 is 12.4 Å². The summed E-state index contributed by atoms with van der Waals surface area (Å²) in [5, 5.41) is 0. The number of halogens is 1. The molecule has 0 N–H and O–H groups in total. The summed E-state index contributed by atoms with van der Waals surface area (Å²) in [5.41, 5.74) is 3.12. The van der Waals surface area contributed by atoms with Crippen LogP contribution in [0.5, 0.6) is 5.75 Å². The predicted octanol–water partition coefficient (Wildman–Crippen LogP) is 3.27. The molecule has 1 aliphatic carbocycles. The van der Waals surface area contributed by atoms with Crippen LogP contribution in [0, 0.1) is 5.92 Å². The van der Waals surface area contributed by atoms with E-state index in [0.29, 0.717) is 6.17 Å². The van der Waals surface area contributed by atoms with Gasteiger partial charge in [0, 0.05) is 31.2 Å². The molecule has 2 heterocycles. The molecule has 0 amide bonds. The Kier molecular flexibility index (Phi) is 3.61. The van der Waals surface area contributed by atoms with Crippen molar-refractivity contribution in [2.24, 2.45) is 5.92 Å². The lowest BCUT2D eigenvalue weighted by molar-refractivity contribution is 0.215. The van der Waals surface area contributed by atoms with E-state index in [-0.39, 0.29) is 17.8 Å². The van der Waals surface area contributed by atoms with Crippen molar-refractivity contribution in [2.75, 3.05) is 32.1 Å². The van der Waals surface area contributed by atoms with Crippen molar-refractivity contribution < 1.29 is 4.74 Å². The van der Waals surface area contributed by atoms with Gasteiger partial charge in [-0.3, -0.25) is 4.90 Å². The molecule has 1 saturated heterocycles. The molecule has 4 heteroatoms. The van der Waals surface area contributed by atoms with Crippen molar-refractivity contribution in [3.8, 4) is 5.75 Å². The largest absolute Gasteiger partial charge is 0.497 e. The van der Waals surface area contributed by atoms with Crippen LogP contribution in [0.2, 0.25) is 0 Å². The number of hydrogen-bond donors (Lipinski definition) is 0. The lowest BCUT2D eigenvalue weighted by Crippen LogP contribution is -2.47. The van der Waals surface area contributed by atoms with Crippen molar-refractivity contribution in [1.82, 2.24) is 4.90 Å². The first kappa shape index (κ1) is 15.0. The zero-order valence-corrected chi connectivity index (χ0v) is 13.9. The zero-order chi connectivity index (χ0) is 13.9. The van der Waals surface area contributed by atoms with Crippen LogP contribution in [0.25, 0.3) is 0 Å². The van der Waals surface area contributed by atoms with E-state index in [4.69, 9.17) is 4.74 Å². The Bertz CT molecular complexity index is 546. The molecule has 2 unspecified atom stereocenters. The van der Waals surface area contributed by atoms with E-state index < -0.39 is 0 Å². The van der Waals surface area contributed by atoms with Crippen LogP contribution in [-0.2, 0) is 5.41 Å². The fourth-order valence-corrected chi connectivity index (χ4v) is 4.34. The minimum atomic E-state index is 0. The normalized spacial score (nSPS) is 30.8. The molecule has 1 saturated carbocycles. The number of likely N-dealkylation sites (tertiary alicyclic amines) is 1. The van der Waals surface area contributed by atoms with E-state index in [0.717, 1.165) is 11.7 Å². The van der Waals surface area contributed by atoms with E-state index in [1.807, 2.05) is 0 Å². The standard InChI is InChI=1S/C17H24N2O.ClH/c1-17-8-9-19(11-12-4-5-12)16(17)18(2)15-7-6-13(20-3)10-14(15)17;/h6-7,10,12,16H,4-5,8-9,11H2,1-3H3;1H. The summed E-state index contributed by atoms with van der Waals surface area (Å²) < 4.78 is 5.44. The Morgan fingerprint density at radius 3 is 2.76 bits per heavy atom. The highest BCUT2D eigenvalue weighted by atomic mass is 35.5. The fourth-order valence-electron chi connectivity index (χ4n) is 4.34. The Hall–Kier alpha value is -0.930. The lowest BCUT2D eigenvalue weighted by Gasteiger charge is -2.34. The number of rotatable bonds is 3. The van der Waals surface area contributed by atoms with Crippen LogP contribution in [0.1, 0.15) is 31.7 Å². The van der Waals surface area contributed by atoms with Crippen molar-refractivity contribution in [2.45, 2.75) is 37.8 Å². The van der Waals surface area contributed by atoms with Gasteiger partial charge in [0.2, 0.25) is 0 Å². The van der Waals surface area contributed by atoms with Gasteiger partial charge in [0.1, 0.15) is 5.75 Å². The number of methoxy groups -OCH3 is 1. The highest BCUT2D eigenvalue weighted by Crippen LogP contribution is 2.52. The number of fused-ring (bicyclic) bond motifs is 3. The Balaban J connectivity index is 0.00000132. The number of likely N-dealkylation sites (N-methyl/N-ethyl adjacent to an activating group) is 1. The summed E-state index contributed by atoms with van der Waals surface area (Å²) in [5.74, 6) is 1.95. The first-order valence-electron chi connectivity index (χ1n) is 7.79.